The first-order chi connectivity index (χ1) is 12.9. The van der Waals surface area contributed by atoms with E-state index in [-0.39, 0.29) is 10.8 Å². The van der Waals surface area contributed by atoms with Crippen molar-refractivity contribution in [3.05, 3.63) is 54.1 Å². The number of carbonyl (C=O) groups excluding carboxylic acids is 1. The summed E-state index contributed by atoms with van der Waals surface area (Å²) in [4.78, 5) is 16.9. The van der Waals surface area contributed by atoms with Gasteiger partial charge in [0, 0.05) is 12.6 Å². The summed E-state index contributed by atoms with van der Waals surface area (Å²) in [5.74, 6) is 1.08. The van der Waals surface area contributed by atoms with Gasteiger partial charge in [-0.3, -0.25) is 9.63 Å². The fourth-order valence-electron chi connectivity index (χ4n) is 2.13. The maximum Gasteiger partial charge on any atom is 0.264 e. The van der Waals surface area contributed by atoms with Gasteiger partial charge >= 0.3 is 0 Å². The molecule has 9 heteroatoms. The predicted molar refractivity (Wildman–Crippen MR) is 99.2 cm³/mol. The van der Waals surface area contributed by atoms with Gasteiger partial charge in [0.2, 0.25) is 0 Å². The number of sulfonamides is 1. The molecule has 0 unspecified atom stereocenters. The molecule has 0 radical (unpaired) electrons. The molecule has 1 amide bonds. The number of nitrogens with zero attached hydrogens (tertiary/aromatic N) is 1. The molecule has 0 aliphatic carbocycles. The highest BCUT2D eigenvalue weighted by Crippen LogP contribution is 2.17. The molecule has 2 aromatic carbocycles. The zero-order valence-corrected chi connectivity index (χ0v) is 16.2. The summed E-state index contributed by atoms with van der Waals surface area (Å²) in [5.41, 5.74) is 0.346. The Balaban J connectivity index is 1.85. The Morgan fingerprint density at radius 2 is 1.59 bits per heavy atom. The SMILES string of the molecule is COc1ccc(OCCNC(=O)c2ccc(S(=O)(=O)N(C)OC)cc2)cc1. The summed E-state index contributed by atoms with van der Waals surface area (Å²) in [6.45, 7) is 0.598. The molecule has 0 saturated carbocycles. The third-order valence-electron chi connectivity index (χ3n) is 3.73. The van der Waals surface area contributed by atoms with E-state index in [1.807, 2.05) is 0 Å². The molecule has 0 spiro atoms. The highest BCUT2D eigenvalue weighted by molar-refractivity contribution is 7.89. The van der Waals surface area contributed by atoms with Crippen LogP contribution in [0.5, 0.6) is 11.5 Å². The number of nitrogens with one attached hydrogen (secondary N) is 1. The lowest BCUT2D eigenvalue weighted by molar-refractivity contribution is -0.0258. The second kappa shape index (κ2) is 9.36. The minimum Gasteiger partial charge on any atom is -0.497 e. The van der Waals surface area contributed by atoms with Gasteiger partial charge in [-0.25, -0.2) is 8.42 Å². The van der Waals surface area contributed by atoms with Crippen LogP contribution < -0.4 is 14.8 Å². The van der Waals surface area contributed by atoms with Crippen molar-refractivity contribution in [2.24, 2.45) is 0 Å². The van der Waals surface area contributed by atoms with E-state index in [0.29, 0.717) is 24.5 Å². The van der Waals surface area contributed by atoms with Crippen molar-refractivity contribution in [3.63, 3.8) is 0 Å². The quantitative estimate of drug-likeness (QED) is 0.514. The lowest BCUT2D eigenvalue weighted by Gasteiger charge is -2.14. The molecule has 2 aromatic rings. The summed E-state index contributed by atoms with van der Waals surface area (Å²) in [7, 11) is 0.397. The summed E-state index contributed by atoms with van der Waals surface area (Å²) in [6, 6.07) is 12.7. The Labute approximate surface area is 158 Å². The minimum atomic E-state index is -3.74. The standard InChI is InChI=1S/C18H22N2O6S/c1-20(25-3)27(22,23)17-10-4-14(5-11-17)18(21)19-12-13-26-16-8-6-15(24-2)7-9-16/h4-11H,12-13H2,1-3H3,(H,19,21). The number of benzene rings is 2. The highest BCUT2D eigenvalue weighted by atomic mass is 32.2. The molecule has 0 aliphatic heterocycles. The van der Waals surface area contributed by atoms with Gasteiger partial charge < -0.3 is 14.8 Å². The molecule has 0 bridgehead atoms. The zero-order valence-electron chi connectivity index (χ0n) is 15.3. The van der Waals surface area contributed by atoms with Crippen LogP contribution in [0.25, 0.3) is 0 Å². The van der Waals surface area contributed by atoms with Crippen LogP contribution in [0.15, 0.2) is 53.4 Å². The van der Waals surface area contributed by atoms with Crippen LogP contribution in [-0.4, -0.2) is 53.2 Å². The van der Waals surface area contributed by atoms with Crippen molar-refractivity contribution in [2.45, 2.75) is 4.90 Å². The first-order valence-electron chi connectivity index (χ1n) is 8.06. The van der Waals surface area contributed by atoms with Crippen molar-refractivity contribution in [2.75, 3.05) is 34.4 Å². The average Bonchev–Trinajstić information content (AvgIpc) is 2.70. The number of amides is 1. The van der Waals surface area contributed by atoms with Crippen LogP contribution in [0.3, 0.4) is 0 Å². The first kappa shape index (κ1) is 20.7. The fourth-order valence-corrected chi connectivity index (χ4v) is 3.11. The maximum absolute atomic E-state index is 12.1. The summed E-state index contributed by atoms with van der Waals surface area (Å²) in [5, 5.41) is 2.71. The molecule has 0 heterocycles. The number of hydroxylamine groups is 1. The minimum absolute atomic E-state index is 0.0336. The van der Waals surface area contributed by atoms with E-state index in [0.717, 1.165) is 10.2 Å². The van der Waals surface area contributed by atoms with Crippen molar-refractivity contribution in [1.82, 2.24) is 9.79 Å². The highest BCUT2D eigenvalue weighted by Gasteiger charge is 2.20. The number of methoxy groups -OCH3 is 1. The van der Waals surface area contributed by atoms with E-state index in [4.69, 9.17) is 14.3 Å². The van der Waals surface area contributed by atoms with E-state index in [9.17, 15) is 13.2 Å². The second-order valence-electron chi connectivity index (χ2n) is 5.40. The monoisotopic (exact) mass is 394 g/mol. The van der Waals surface area contributed by atoms with Crippen molar-refractivity contribution in [1.29, 1.82) is 0 Å². The normalized spacial score (nSPS) is 11.3. The smallest absolute Gasteiger partial charge is 0.264 e. The van der Waals surface area contributed by atoms with E-state index in [1.165, 1.54) is 38.4 Å². The van der Waals surface area contributed by atoms with Gasteiger partial charge in [-0.2, -0.15) is 0 Å². The topological polar surface area (TPSA) is 94.2 Å². The third kappa shape index (κ3) is 5.43. The molecule has 8 nitrogen and oxygen atoms in total. The molecule has 0 atom stereocenters. The van der Waals surface area contributed by atoms with Gasteiger partial charge in [0.1, 0.15) is 18.1 Å². The van der Waals surface area contributed by atoms with E-state index in [1.54, 1.807) is 31.4 Å². The van der Waals surface area contributed by atoms with Gasteiger partial charge in [0.25, 0.3) is 15.9 Å². The molecular formula is C18H22N2O6S. The maximum atomic E-state index is 12.1. The van der Waals surface area contributed by atoms with Crippen molar-refractivity contribution < 1.29 is 27.5 Å². The Kier molecular flexibility index (Phi) is 7.17. The first-order valence-corrected chi connectivity index (χ1v) is 9.50. The Morgan fingerprint density at radius 1 is 1.00 bits per heavy atom. The van der Waals surface area contributed by atoms with E-state index in [2.05, 4.69) is 5.32 Å². The number of hydrogen-bond acceptors (Lipinski definition) is 6. The number of hydrogen-bond donors (Lipinski definition) is 1. The van der Waals surface area contributed by atoms with Crippen molar-refractivity contribution in [3.8, 4) is 11.5 Å². The zero-order chi connectivity index (χ0) is 19.9. The van der Waals surface area contributed by atoms with Gasteiger partial charge in [-0.1, -0.05) is 4.47 Å². The summed E-state index contributed by atoms with van der Waals surface area (Å²) in [6.07, 6.45) is 0. The average molecular weight is 394 g/mol. The van der Waals surface area contributed by atoms with Crippen LogP contribution in [0, 0.1) is 0 Å². The van der Waals surface area contributed by atoms with Gasteiger partial charge in [0.05, 0.1) is 25.7 Å². The third-order valence-corrected chi connectivity index (χ3v) is 5.42. The van der Waals surface area contributed by atoms with Crippen molar-refractivity contribution >= 4 is 15.9 Å². The molecule has 1 N–H and O–H groups in total. The Bertz CT molecular complexity index is 850. The lowest BCUT2D eigenvalue weighted by atomic mass is 10.2. The predicted octanol–water partition coefficient (Wildman–Crippen LogP) is 1.69. The molecule has 146 valence electrons. The number of carbonyl (C=O) groups is 1. The number of rotatable bonds is 9. The van der Waals surface area contributed by atoms with Gasteiger partial charge in [-0.05, 0) is 48.5 Å². The Morgan fingerprint density at radius 3 is 2.15 bits per heavy atom. The lowest BCUT2D eigenvalue weighted by Crippen LogP contribution is -2.28. The Hall–Kier alpha value is -2.62. The molecule has 2 rings (SSSR count). The van der Waals surface area contributed by atoms with Gasteiger partial charge in [0.15, 0.2) is 0 Å². The van der Waals surface area contributed by atoms with Crippen LogP contribution in [-0.2, 0) is 14.9 Å². The second-order valence-corrected chi connectivity index (χ2v) is 7.34. The molecule has 0 saturated heterocycles. The molecular weight excluding hydrogens is 372 g/mol. The fraction of sp³-hybridized carbons (Fsp3) is 0.278. The summed E-state index contributed by atoms with van der Waals surface area (Å²) >= 11 is 0. The van der Waals surface area contributed by atoms with Crippen LogP contribution in [0.4, 0.5) is 0 Å². The number of ether oxygens (including phenoxy) is 2. The van der Waals surface area contributed by atoms with E-state index >= 15 is 0 Å². The van der Waals surface area contributed by atoms with E-state index < -0.39 is 10.0 Å². The molecule has 0 fully saturated rings. The van der Waals surface area contributed by atoms with Crippen LogP contribution >= 0.6 is 0 Å². The largest absolute Gasteiger partial charge is 0.497 e. The molecule has 0 aromatic heterocycles. The molecule has 0 aliphatic rings. The van der Waals surface area contributed by atoms with Crippen LogP contribution in [0.2, 0.25) is 0 Å². The summed E-state index contributed by atoms with van der Waals surface area (Å²) < 4.78 is 35.6. The molecule has 27 heavy (non-hydrogen) atoms. The van der Waals surface area contributed by atoms with Crippen LogP contribution in [0.1, 0.15) is 10.4 Å². The van der Waals surface area contributed by atoms with Gasteiger partial charge in [-0.15, -0.1) is 0 Å².